The molecule has 8 rings (SSSR count). The van der Waals surface area contributed by atoms with Gasteiger partial charge in [0.15, 0.2) is 0 Å². The Morgan fingerprint density at radius 2 is 1.56 bits per heavy atom. The molecule has 0 fully saturated rings. The van der Waals surface area contributed by atoms with Crippen LogP contribution in [0, 0.1) is 38.8 Å². The van der Waals surface area contributed by atoms with Gasteiger partial charge < -0.3 is 8.98 Å². The molecule has 0 saturated heterocycles. The van der Waals surface area contributed by atoms with E-state index in [4.69, 9.17) is 19.4 Å². The number of furan rings is 1. The maximum absolute atomic E-state index is 6.35. The molecule has 4 aromatic carbocycles. The second kappa shape index (κ2) is 15.3. The molecule has 0 amide bonds. The molecule has 0 saturated carbocycles. The third-order valence-electron chi connectivity index (χ3n) is 9.39. The summed E-state index contributed by atoms with van der Waals surface area (Å²) in [7, 11) is 0. The van der Waals surface area contributed by atoms with Gasteiger partial charge in [0.05, 0.1) is 22.4 Å². The first kappa shape index (κ1) is 37.4. The van der Waals surface area contributed by atoms with Crippen molar-refractivity contribution < 1.29 is 24.5 Å². The van der Waals surface area contributed by atoms with Crippen LogP contribution in [0.5, 0.6) is 0 Å². The Morgan fingerprint density at radius 3 is 2.27 bits per heavy atom. The summed E-state index contributed by atoms with van der Waals surface area (Å²) in [4.78, 5) is 14.4. The third-order valence-corrected chi connectivity index (χ3v) is 13.7. The Morgan fingerprint density at radius 1 is 0.827 bits per heavy atom. The number of hydrogen-bond acceptors (Lipinski definition) is 4. The van der Waals surface area contributed by atoms with E-state index >= 15 is 0 Å². The standard InChI is InChI=1S/C27H20N3O.C18H24GeN.Ir/c1-16-13-14-20(25-24(16)21-15-17(2)18(3)28-27(21)31-25)26-29-22-11-7-8-12-23(22)30(26)19-9-5-4-6-10-19;1-14(2)11-16-12-18(15-9-7-6-8-10-15)20-13-17(16)19(3,4)5;/h4-13,15H,1-3H3;6-9,12-14H,11H2,1-5H3;/q2*-1;. The van der Waals surface area contributed by atoms with Gasteiger partial charge in [0.25, 0.3) is 0 Å². The zero-order valence-corrected chi connectivity index (χ0v) is 35.6. The molecule has 7 heteroatoms. The largest absolute Gasteiger partial charge is 0.486 e. The van der Waals surface area contributed by atoms with Crippen molar-refractivity contribution in [3.63, 3.8) is 0 Å². The van der Waals surface area contributed by atoms with Gasteiger partial charge in [-0.3, -0.25) is 4.98 Å². The fraction of sp³-hybridized carbons (Fsp3) is 0.222. The molecule has 265 valence electrons. The van der Waals surface area contributed by atoms with Gasteiger partial charge in [0, 0.05) is 36.9 Å². The van der Waals surface area contributed by atoms with Crippen molar-refractivity contribution in [2.75, 3.05) is 0 Å². The van der Waals surface area contributed by atoms with Gasteiger partial charge in [-0.1, -0.05) is 48.2 Å². The molecule has 0 aliphatic heterocycles. The summed E-state index contributed by atoms with van der Waals surface area (Å²) < 4.78 is 10.1. The summed E-state index contributed by atoms with van der Waals surface area (Å²) in [6, 6.07) is 39.8. The molecule has 4 heterocycles. The maximum Gasteiger partial charge on any atom is 0.216 e. The average molecular weight is 922 g/mol. The molecule has 1 radical (unpaired) electrons. The van der Waals surface area contributed by atoms with Crippen LogP contribution in [-0.2, 0) is 26.5 Å². The molecule has 0 spiro atoms. The van der Waals surface area contributed by atoms with Crippen LogP contribution in [0.1, 0.15) is 36.2 Å². The zero-order valence-electron chi connectivity index (χ0n) is 31.1. The number of aryl methyl sites for hydroxylation is 3. The molecule has 0 aliphatic carbocycles. The number of imidazole rings is 1. The van der Waals surface area contributed by atoms with E-state index in [1.165, 1.54) is 5.56 Å². The van der Waals surface area contributed by atoms with Crippen LogP contribution in [0.4, 0.5) is 0 Å². The number of para-hydroxylation sites is 3. The summed E-state index contributed by atoms with van der Waals surface area (Å²) >= 11 is -1.86. The van der Waals surface area contributed by atoms with Crippen LogP contribution < -0.4 is 4.40 Å². The average Bonchev–Trinajstić information content (AvgIpc) is 3.68. The number of aromatic nitrogens is 4. The van der Waals surface area contributed by atoms with E-state index in [0.717, 1.165) is 79.0 Å². The van der Waals surface area contributed by atoms with Crippen molar-refractivity contribution in [1.29, 1.82) is 0 Å². The second-order valence-electron chi connectivity index (χ2n) is 14.8. The van der Waals surface area contributed by atoms with Crippen LogP contribution in [0.25, 0.3) is 61.4 Å². The van der Waals surface area contributed by atoms with E-state index in [1.54, 1.807) is 4.40 Å². The molecule has 0 unspecified atom stereocenters. The first-order chi connectivity index (χ1) is 24.5. The number of fused-ring (bicyclic) bond motifs is 4. The van der Waals surface area contributed by atoms with Gasteiger partial charge >= 0.3 is 126 Å². The quantitative estimate of drug-likeness (QED) is 0.123. The number of hydrogen-bond donors (Lipinski definition) is 0. The summed E-state index contributed by atoms with van der Waals surface area (Å²) in [5.74, 6) is 8.80. The molecule has 8 aromatic rings. The van der Waals surface area contributed by atoms with Gasteiger partial charge in [-0.2, -0.15) is 0 Å². The van der Waals surface area contributed by atoms with Crippen LogP contribution in [-0.4, -0.2) is 32.8 Å². The Kier molecular flexibility index (Phi) is 11.0. The van der Waals surface area contributed by atoms with E-state index in [1.807, 2.05) is 67.6 Å². The Balaban J connectivity index is 0.000000193. The minimum absolute atomic E-state index is 0. The second-order valence-corrected chi connectivity index (χ2v) is 25.4. The van der Waals surface area contributed by atoms with Crippen LogP contribution in [0.2, 0.25) is 17.3 Å². The maximum atomic E-state index is 6.35. The zero-order chi connectivity index (χ0) is 35.9. The van der Waals surface area contributed by atoms with E-state index < -0.39 is 13.3 Å². The fourth-order valence-electron chi connectivity index (χ4n) is 6.78. The van der Waals surface area contributed by atoms with Crippen molar-refractivity contribution in [2.45, 2.75) is 58.3 Å². The molecule has 0 atom stereocenters. The molecule has 5 nitrogen and oxygen atoms in total. The summed E-state index contributed by atoms with van der Waals surface area (Å²) in [6.45, 7) is 10.8. The smallest absolute Gasteiger partial charge is 0.216 e. The molecular formula is C45H44GeIrN4O-2. The van der Waals surface area contributed by atoms with Crippen molar-refractivity contribution in [1.82, 2.24) is 19.5 Å². The number of nitrogens with zero attached hydrogens (tertiary/aromatic N) is 4. The van der Waals surface area contributed by atoms with Gasteiger partial charge in [-0.25, -0.2) is 4.98 Å². The van der Waals surface area contributed by atoms with E-state index in [-0.39, 0.29) is 20.1 Å². The SMILES string of the molecule is CC(C)Cc1cc(-c2[c-]cccc2)nc[c]1[Ge]([CH3])([CH3])[CH3].Cc1cc2c(nc1C)oc1c(-c3nc4ccccc4n3-c3ccccc3)[c-]cc(C)c12.[Ir]. The van der Waals surface area contributed by atoms with Gasteiger partial charge in [-0.05, 0) is 49.7 Å². The normalized spacial score (nSPS) is 11.6. The van der Waals surface area contributed by atoms with Crippen molar-refractivity contribution in [3.05, 3.63) is 138 Å². The van der Waals surface area contributed by atoms with Crippen molar-refractivity contribution in [3.8, 4) is 28.3 Å². The number of benzene rings is 4. The predicted molar refractivity (Wildman–Crippen MR) is 215 cm³/mol. The predicted octanol–water partition coefficient (Wildman–Crippen LogP) is 11.0. The molecule has 52 heavy (non-hydrogen) atoms. The van der Waals surface area contributed by atoms with Crippen LogP contribution in [0.15, 0.2) is 108 Å². The molecule has 0 aliphatic rings. The Labute approximate surface area is 323 Å². The van der Waals surface area contributed by atoms with E-state index in [9.17, 15) is 0 Å². The molecule has 0 bridgehead atoms. The van der Waals surface area contributed by atoms with E-state index in [2.05, 4.69) is 104 Å². The number of rotatable bonds is 6. The van der Waals surface area contributed by atoms with Crippen molar-refractivity contribution >= 4 is 50.8 Å². The topological polar surface area (TPSA) is 56.7 Å². The summed E-state index contributed by atoms with van der Waals surface area (Å²) in [5, 5.41) is 2.11. The number of pyridine rings is 2. The van der Waals surface area contributed by atoms with Gasteiger partial charge in [0.2, 0.25) is 5.71 Å². The molecule has 0 N–H and O–H groups in total. The Hall–Kier alpha value is -4.36. The molecule has 4 aromatic heterocycles. The van der Waals surface area contributed by atoms with Gasteiger partial charge in [-0.15, -0.1) is 17.7 Å². The summed E-state index contributed by atoms with van der Waals surface area (Å²) in [6.07, 6.45) is 3.27. The third kappa shape index (κ3) is 7.43. The first-order valence-electron chi connectivity index (χ1n) is 17.7. The van der Waals surface area contributed by atoms with Gasteiger partial charge in [0.1, 0.15) is 0 Å². The Bertz CT molecular complexity index is 2500. The minimum Gasteiger partial charge on any atom is -0.486 e. The minimum atomic E-state index is -1.86. The van der Waals surface area contributed by atoms with Crippen molar-refractivity contribution in [2.24, 2.45) is 5.92 Å². The van der Waals surface area contributed by atoms with Crippen LogP contribution in [0.3, 0.4) is 0 Å². The fourth-order valence-corrected chi connectivity index (χ4v) is 10.1. The summed E-state index contributed by atoms with van der Waals surface area (Å²) in [5.41, 5.74) is 12.2. The first-order valence-corrected chi connectivity index (χ1v) is 25.1. The van der Waals surface area contributed by atoms with Crippen LogP contribution >= 0.6 is 0 Å². The molecular weight excluding hydrogens is 877 g/mol. The van der Waals surface area contributed by atoms with E-state index in [0.29, 0.717) is 11.6 Å². The monoisotopic (exact) mass is 923 g/mol.